The molecule has 0 saturated carbocycles. The second-order valence-corrected chi connectivity index (χ2v) is 6.24. The third-order valence-corrected chi connectivity index (χ3v) is 3.73. The third-order valence-electron chi connectivity index (χ3n) is 3.28. The minimum absolute atomic E-state index is 0.250. The Morgan fingerprint density at radius 2 is 1.82 bits per heavy atom. The number of hydrazine groups is 1. The van der Waals surface area contributed by atoms with E-state index in [1.807, 2.05) is 12.1 Å². The van der Waals surface area contributed by atoms with Gasteiger partial charge >= 0.3 is 0 Å². The van der Waals surface area contributed by atoms with Crippen LogP contribution in [0.15, 0.2) is 18.2 Å². The molecule has 2 rings (SSSR count). The smallest absolute Gasteiger partial charge is 0.189 e. The number of nitrogens with one attached hydrogen (secondary N) is 4. The van der Waals surface area contributed by atoms with Gasteiger partial charge in [0, 0.05) is 18.8 Å². The molecule has 1 aromatic carbocycles. The second kappa shape index (κ2) is 8.26. The molecular formula is C15H22N4OS2. The minimum atomic E-state index is 0.250. The molecule has 1 aliphatic rings. The van der Waals surface area contributed by atoms with Crippen molar-refractivity contribution < 1.29 is 4.74 Å². The number of hydrogen-bond acceptors (Lipinski definition) is 3. The van der Waals surface area contributed by atoms with Crippen molar-refractivity contribution in [1.82, 2.24) is 16.2 Å². The van der Waals surface area contributed by atoms with Crippen molar-refractivity contribution in [2.75, 3.05) is 18.5 Å². The summed E-state index contributed by atoms with van der Waals surface area (Å²) in [5, 5.41) is 7.19. The number of anilines is 1. The molecule has 0 radical (unpaired) electrons. The molecule has 1 atom stereocenters. The minimum Gasteiger partial charge on any atom is -0.376 e. The van der Waals surface area contributed by atoms with E-state index in [0.29, 0.717) is 16.8 Å². The fraction of sp³-hybridized carbons (Fsp3) is 0.467. The van der Waals surface area contributed by atoms with Gasteiger partial charge in [0.15, 0.2) is 10.2 Å². The zero-order chi connectivity index (χ0) is 15.9. The van der Waals surface area contributed by atoms with Crippen molar-refractivity contribution in [3.05, 3.63) is 29.3 Å². The molecule has 0 spiro atoms. The standard InChI is InChI=1S/C15H22N4OS2/c1-10-6-11(2)8-12(7-10)17-15(22)19-18-14(21)16-9-13-4-3-5-20-13/h6-8,13H,3-5,9H2,1-2H3,(H2,16,18,21)(H2,17,19,22)/t13-/m0/s1. The molecule has 0 unspecified atom stereocenters. The van der Waals surface area contributed by atoms with Crippen LogP contribution in [0.5, 0.6) is 0 Å². The fourth-order valence-corrected chi connectivity index (χ4v) is 2.68. The Bertz CT molecular complexity index is 524. The van der Waals surface area contributed by atoms with Gasteiger partial charge in [0.1, 0.15) is 0 Å². The molecule has 1 heterocycles. The van der Waals surface area contributed by atoms with Crippen LogP contribution in [-0.2, 0) is 4.74 Å². The van der Waals surface area contributed by atoms with Gasteiger partial charge in [-0.05, 0) is 74.4 Å². The maximum atomic E-state index is 5.52. The molecule has 1 saturated heterocycles. The summed E-state index contributed by atoms with van der Waals surface area (Å²) in [6.45, 7) is 5.66. The SMILES string of the molecule is Cc1cc(C)cc(NC(=S)NNC(=S)NC[C@@H]2CCCO2)c1. The number of ether oxygens (including phenoxy) is 1. The van der Waals surface area contributed by atoms with E-state index in [2.05, 4.69) is 41.4 Å². The van der Waals surface area contributed by atoms with Crippen LogP contribution in [0.25, 0.3) is 0 Å². The predicted octanol–water partition coefficient (Wildman–Crippen LogP) is 2.15. The lowest BCUT2D eigenvalue weighted by atomic mass is 10.1. The number of thiocarbonyl (C=S) groups is 2. The number of benzene rings is 1. The van der Waals surface area contributed by atoms with Crippen LogP contribution in [0.3, 0.4) is 0 Å². The maximum Gasteiger partial charge on any atom is 0.189 e. The van der Waals surface area contributed by atoms with Crippen molar-refractivity contribution in [1.29, 1.82) is 0 Å². The predicted molar refractivity (Wildman–Crippen MR) is 98.0 cm³/mol. The zero-order valence-corrected chi connectivity index (χ0v) is 14.5. The molecule has 0 amide bonds. The van der Waals surface area contributed by atoms with Crippen molar-refractivity contribution in [2.45, 2.75) is 32.8 Å². The lowest BCUT2D eigenvalue weighted by Crippen LogP contribution is -2.49. The zero-order valence-electron chi connectivity index (χ0n) is 12.9. The Morgan fingerprint density at radius 3 is 2.45 bits per heavy atom. The van der Waals surface area contributed by atoms with Gasteiger partial charge in [-0.2, -0.15) is 0 Å². The molecule has 1 aromatic rings. The molecule has 1 fully saturated rings. The van der Waals surface area contributed by atoms with E-state index in [9.17, 15) is 0 Å². The van der Waals surface area contributed by atoms with Gasteiger partial charge in [-0.1, -0.05) is 6.07 Å². The Balaban J connectivity index is 1.69. The highest BCUT2D eigenvalue weighted by molar-refractivity contribution is 7.80. The van der Waals surface area contributed by atoms with Gasteiger partial charge in [-0.25, -0.2) is 0 Å². The van der Waals surface area contributed by atoms with Crippen LogP contribution in [0.2, 0.25) is 0 Å². The van der Waals surface area contributed by atoms with Gasteiger partial charge in [0.2, 0.25) is 0 Å². The van der Waals surface area contributed by atoms with Crippen LogP contribution < -0.4 is 21.5 Å². The topological polar surface area (TPSA) is 57.3 Å². The highest BCUT2D eigenvalue weighted by Gasteiger charge is 2.15. The van der Waals surface area contributed by atoms with E-state index in [4.69, 9.17) is 29.2 Å². The highest BCUT2D eigenvalue weighted by atomic mass is 32.1. The van der Waals surface area contributed by atoms with E-state index < -0.39 is 0 Å². The Labute approximate surface area is 142 Å². The monoisotopic (exact) mass is 338 g/mol. The van der Waals surface area contributed by atoms with Crippen molar-refractivity contribution in [3.63, 3.8) is 0 Å². The summed E-state index contributed by atoms with van der Waals surface area (Å²) in [5.41, 5.74) is 9.07. The first kappa shape index (κ1) is 16.9. The number of hydrogen-bond donors (Lipinski definition) is 4. The average molecular weight is 339 g/mol. The van der Waals surface area contributed by atoms with Crippen molar-refractivity contribution in [2.24, 2.45) is 0 Å². The molecule has 0 aromatic heterocycles. The molecule has 0 aliphatic carbocycles. The van der Waals surface area contributed by atoms with Gasteiger partial charge in [0.25, 0.3) is 0 Å². The fourth-order valence-electron chi connectivity index (χ4n) is 2.38. The third kappa shape index (κ3) is 5.75. The summed E-state index contributed by atoms with van der Waals surface area (Å²) in [6, 6.07) is 6.19. The Kier molecular flexibility index (Phi) is 6.35. The van der Waals surface area contributed by atoms with E-state index in [-0.39, 0.29) is 6.10 Å². The summed E-state index contributed by atoms with van der Waals surface area (Å²) < 4.78 is 5.52. The first-order valence-electron chi connectivity index (χ1n) is 7.33. The summed E-state index contributed by atoms with van der Waals surface area (Å²) in [5.74, 6) is 0. The average Bonchev–Trinajstić information content (AvgIpc) is 2.95. The molecule has 7 heteroatoms. The Morgan fingerprint density at radius 1 is 1.14 bits per heavy atom. The van der Waals surface area contributed by atoms with E-state index in [1.54, 1.807) is 0 Å². The highest BCUT2D eigenvalue weighted by Crippen LogP contribution is 2.13. The van der Waals surface area contributed by atoms with Gasteiger partial charge in [0.05, 0.1) is 6.10 Å². The Hall–Kier alpha value is -1.44. The number of rotatable bonds is 3. The van der Waals surface area contributed by atoms with Crippen LogP contribution in [0, 0.1) is 13.8 Å². The normalized spacial score (nSPS) is 16.9. The van der Waals surface area contributed by atoms with Gasteiger partial charge in [-0.15, -0.1) is 0 Å². The lowest BCUT2D eigenvalue weighted by Gasteiger charge is -2.16. The molecule has 5 nitrogen and oxygen atoms in total. The summed E-state index contributed by atoms with van der Waals surface area (Å²) in [4.78, 5) is 0. The van der Waals surface area contributed by atoms with Crippen LogP contribution in [0.1, 0.15) is 24.0 Å². The van der Waals surface area contributed by atoms with E-state index >= 15 is 0 Å². The molecular weight excluding hydrogens is 316 g/mol. The molecule has 22 heavy (non-hydrogen) atoms. The van der Waals surface area contributed by atoms with Crippen LogP contribution >= 0.6 is 24.4 Å². The second-order valence-electron chi connectivity index (χ2n) is 5.43. The maximum absolute atomic E-state index is 5.52. The molecule has 1 aliphatic heterocycles. The largest absolute Gasteiger partial charge is 0.376 e. The van der Waals surface area contributed by atoms with Gasteiger partial charge in [-0.3, -0.25) is 10.9 Å². The summed E-state index contributed by atoms with van der Waals surface area (Å²) >= 11 is 10.4. The first-order chi connectivity index (χ1) is 10.5. The van der Waals surface area contributed by atoms with Crippen LogP contribution in [-0.4, -0.2) is 29.5 Å². The van der Waals surface area contributed by atoms with Crippen molar-refractivity contribution in [3.8, 4) is 0 Å². The van der Waals surface area contributed by atoms with Crippen LogP contribution in [0.4, 0.5) is 5.69 Å². The lowest BCUT2D eigenvalue weighted by molar-refractivity contribution is 0.114. The molecule has 0 bridgehead atoms. The molecule has 4 N–H and O–H groups in total. The quantitative estimate of drug-likeness (QED) is 0.498. The molecule has 120 valence electrons. The van der Waals surface area contributed by atoms with E-state index in [1.165, 1.54) is 11.1 Å². The first-order valence-corrected chi connectivity index (χ1v) is 8.15. The van der Waals surface area contributed by atoms with Gasteiger partial charge < -0.3 is 15.4 Å². The van der Waals surface area contributed by atoms with Crippen molar-refractivity contribution >= 4 is 40.3 Å². The van der Waals surface area contributed by atoms with E-state index in [0.717, 1.165) is 25.1 Å². The summed E-state index contributed by atoms with van der Waals surface area (Å²) in [6.07, 6.45) is 2.45. The summed E-state index contributed by atoms with van der Waals surface area (Å²) in [7, 11) is 0. The number of aryl methyl sites for hydroxylation is 2.